The molecule has 1 N–H and O–H groups in total. The van der Waals surface area contributed by atoms with Crippen molar-refractivity contribution < 1.29 is 22.7 Å². The van der Waals surface area contributed by atoms with Crippen molar-refractivity contribution in [3.63, 3.8) is 0 Å². The summed E-state index contributed by atoms with van der Waals surface area (Å²) in [6.07, 6.45) is -4.50. The first-order chi connectivity index (χ1) is 11.7. The van der Waals surface area contributed by atoms with E-state index in [4.69, 9.17) is 16.3 Å². The fourth-order valence-electron chi connectivity index (χ4n) is 3.21. The number of anilines is 1. The molecule has 0 saturated carbocycles. The monoisotopic (exact) mass is 377 g/mol. The lowest BCUT2D eigenvalue weighted by molar-refractivity contribution is -0.137. The van der Waals surface area contributed by atoms with Gasteiger partial charge < -0.3 is 15.0 Å². The Morgan fingerprint density at radius 3 is 2.76 bits per heavy atom. The average Bonchev–Trinajstić information content (AvgIpc) is 2.76. The first kappa shape index (κ1) is 18.3. The smallest absolute Gasteiger partial charge is 0.379 e. The summed E-state index contributed by atoms with van der Waals surface area (Å²) in [4.78, 5) is 16.4. The van der Waals surface area contributed by atoms with Gasteiger partial charge in [0.1, 0.15) is 0 Å². The first-order valence-corrected chi connectivity index (χ1v) is 8.32. The number of rotatable bonds is 1. The van der Waals surface area contributed by atoms with Gasteiger partial charge in [0.2, 0.25) is 0 Å². The highest BCUT2D eigenvalue weighted by Crippen LogP contribution is 2.34. The zero-order valence-electron chi connectivity index (χ0n) is 13.6. The van der Waals surface area contributed by atoms with E-state index in [1.165, 1.54) is 0 Å². The molecule has 2 aliphatic rings. The molecule has 0 radical (unpaired) electrons. The quantitative estimate of drug-likeness (QED) is 0.817. The molecular weight excluding hydrogens is 359 g/mol. The van der Waals surface area contributed by atoms with Crippen LogP contribution in [0, 0.1) is 5.92 Å². The summed E-state index contributed by atoms with van der Waals surface area (Å²) in [5.74, 6) is 0.167. The molecule has 0 spiro atoms. The summed E-state index contributed by atoms with van der Waals surface area (Å²) in [6, 6.07) is 2.50. The summed E-state index contributed by atoms with van der Waals surface area (Å²) in [5.41, 5.74) is -0.895. The van der Waals surface area contributed by atoms with Crippen molar-refractivity contribution in [3.05, 3.63) is 28.8 Å². The molecule has 2 aliphatic heterocycles. The Hall–Kier alpha value is -1.51. The highest BCUT2D eigenvalue weighted by molar-refractivity contribution is 6.33. The third kappa shape index (κ3) is 4.19. The molecule has 5 nitrogen and oxygen atoms in total. The van der Waals surface area contributed by atoms with Gasteiger partial charge in [-0.3, -0.25) is 4.90 Å². The van der Waals surface area contributed by atoms with Crippen molar-refractivity contribution in [1.29, 1.82) is 0 Å². The highest BCUT2D eigenvalue weighted by Gasteiger charge is 2.34. The Balaban J connectivity index is 1.76. The van der Waals surface area contributed by atoms with Crippen LogP contribution in [0.5, 0.6) is 0 Å². The van der Waals surface area contributed by atoms with Gasteiger partial charge in [0, 0.05) is 25.6 Å². The van der Waals surface area contributed by atoms with E-state index in [0.29, 0.717) is 26.3 Å². The number of likely N-dealkylation sites (N-methyl/N-ethyl adjacent to an activating group) is 1. The molecule has 1 aromatic rings. The molecule has 2 heterocycles. The topological polar surface area (TPSA) is 44.8 Å². The summed E-state index contributed by atoms with van der Waals surface area (Å²) >= 11 is 5.95. The van der Waals surface area contributed by atoms with E-state index in [0.717, 1.165) is 24.7 Å². The summed E-state index contributed by atoms with van der Waals surface area (Å²) in [6.45, 7) is 2.85. The van der Waals surface area contributed by atoms with Crippen molar-refractivity contribution in [1.82, 2.24) is 9.80 Å². The van der Waals surface area contributed by atoms with Gasteiger partial charge in [-0.05, 0) is 25.2 Å². The molecule has 2 amide bonds. The van der Waals surface area contributed by atoms with Gasteiger partial charge in [-0.2, -0.15) is 13.2 Å². The van der Waals surface area contributed by atoms with Crippen molar-refractivity contribution in [2.24, 2.45) is 5.92 Å². The molecule has 1 aromatic carbocycles. The van der Waals surface area contributed by atoms with Gasteiger partial charge in [0.05, 0.1) is 35.5 Å². The SMILES string of the molecule is CN1C[C@H]2COC[C@@H]1CN(C(=O)Nc1cc(C(F)(F)F)ccc1Cl)C2. The van der Waals surface area contributed by atoms with Crippen molar-refractivity contribution in [2.75, 3.05) is 45.2 Å². The van der Waals surface area contributed by atoms with Crippen LogP contribution in [-0.2, 0) is 10.9 Å². The minimum absolute atomic E-state index is 0.0412. The van der Waals surface area contributed by atoms with Crippen LogP contribution in [0.2, 0.25) is 5.02 Å². The molecule has 2 bridgehead atoms. The van der Waals surface area contributed by atoms with Gasteiger partial charge >= 0.3 is 12.2 Å². The van der Waals surface area contributed by atoms with Crippen LogP contribution in [0.1, 0.15) is 5.56 Å². The Morgan fingerprint density at radius 2 is 2.04 bits per heavy atom. The van der Waals surface area contributed by atoms with Gasteiger partial charge in [-0.1, -0.05) is 11.6 Å². The molecule has 2 atom stereocenters. The third-order valence-electron chi connectivity index (χ3n) is 4.57. The number of halogens is 4. The van der Waals surface area contributed by atoms with Gasteiger partial charge in [-0.25, -0.2) is 4.79 Å². The van der Waals surface area contributed by atoms with E-state index in [-0.39, 0.29) is 22.7 Å². The lowest BCUT2D eigenvalue weighted by Gasteiger charge is -2.30. The average molecular weight is 378 g/mol. The fraction of sp³-hybridized carbons (Fsp3) is 0.562. The molecule has 3 rings (SSSR count). The van der Waals surface area contributed by atoms with Crippen molar-refractivity contribution in [2.45, 2.75) is 12.2 Å². The molecule has 2 saturated heterocycles. The normalized spacial score (nSPS) is 24.8. The number of ether oxygens (including phenoxy) is 1. The molecule has 0 aromatic heterocycles. The number of carbonyl (C=O) groups excluding carboxylic acids is 1. The molecule has 0 aliphatic carbocycles. The van der Waals surface area contributed by atoms with E-state index in [2.05, 4.69) is 10.2 Å². The minimum Gasteiger partial charge on any atom is -0.379 e. The summed E-state index contributed by atoms with van der Waals surface area (Å²) in [7, 11) is 1.98. The molecule has 138 valence electrons. The minimum atomic E-state index is -4.50. The Kier molecular flexibility index (Phi) is 5.13. The predicted octanol–water partition coefficient (Wildman–Crippen LogP) is 3.15. The van der Waals surface area contributed by atoms with Gasteiger partial charge in [0.25, 0.3) is 0 Å². The van der Waals surface area contributed by atoms with E-state index in [9.17, 15) is 18.0 Å². The van der Waals surface area contributed by atoms with Crippen LogP contribution in [-0.4, -0.2) is 61.8 Å². The number of hydrogen-bond acceptors (Lipinski definition) is 3. The maximum atomic E-state index is 12.9. The van der Waals surface area contributed by atoms with Gasteiger partial charge in [-0.15, -0.1) is 0 Å². The lowest BCUT2D eigenvalue weighted by Crippen LogP contribution is -2.46. The Labute approximate surface area is 148 Å². The highest BCUT2D eigenvalue weighted by atomic mass is 35.5. The third-order valence-corrected chi connectivity index (χ3v) is 4.90. The Morgan fingerprint density at radius 1 is 1.28 bits per heavy atom. The fourth-order valence-corrected chi connectivity index (χ4v) is 3.37. The molecule has 9 heteroatoms. The van der Waals surface area contributed by atoms with E-state index >= 15 is 0 Å². The Bertz CT molecular complexity index is 656. The van der Waals surface area contributed by atoms with E-state index in [1.54, 1.807) is 4.90 Å². The van der Waals surface area contributed by atoms with E-state index < -0.39 is 17.8 Å². The van der Waals surface area contributed by atoms with Crippen molar-refractivity contribution >= 4 is 23.3 Å². The van der Waals surface area contributed by atoms with Crippen LogP contribution >= 0.6 is 11.6 Å². The van der Waals surface area contributed by atoms with Crippen LogP contribution in [0.15, 0.2) is 18.2 Å². The van der Waals surface area contributed by atoms with Crippen LogP contribution in [0.3, 0.4) is 0 Å². The van der Waals surface area contributed by atoms with Crippen LogP contribution in [0.25, 0.3) is 0 Å². The number of benzene rings is 1. The number of alkyl halides is 3. The molecule has 25 heavy (non-hydrogen) atoms. The predicted molar refractivity (Wildman–Crippen MR) is 87.8 cm³/mol. The second kappa shape index (κ2) is 7.01. The van der Waals surface area contributed by atoms with E-state index in [1.807, 2.05) is 7.05 Å². The number of carbonyl (C=O) groups is 1. The summed E-state index contributed by atoms with van der Waals surface area (Å²) in [5, 5.41) is 2.59. The standard InChI is InChI=1S/C16H19ClF3N3O2/c1-22-5-10-6-23(7-12(22)9-25-8-10)15(24)21-14-4-11(16(18,19)20)2-3-13(14)17/h2-4,10,12H,5-9H2,1H3,(H,21,24)/t10-,12+/m1/s1. The number of fused-ring (bicyclic) bond motifs is 3. The van der Waals surface area contributed by atoms with Crippen LogP contribution in [0.4, 0.5) is 23.7 Å². The first-order valence-electron chi connectivity index (χ1n) is 7.94. The molecule has 2 fully saturated rings. The zero-order chi connectivity index (χ0) is 18.2. The number of amides is 2. The molecular formula is C16H19ClF3N3O2. The number of hydrogen-bond donors (Lipinski definition) is 1. The van der Waals surface area contributed by atoms with Crippen molar-refractivity contribution in [3.8, 4) is 0 Å². The maximum Gasteiger partial charge on any atom is 0.416 e. The second-order valence-corrected chi connectivity index (χ2v) is 6.93. The van der Waals surface area contributed by atoms with Gasteiger partial charge in [0.15, 0.2) is 0 Å². The number of nitrogens with one attached hydrogen (secondary N) is 1. The van der Waals surface area contributed by atoms with Crippen LogP contribution < -0.4 is 5.32 Å². The number of urea groups is 1. The lowest BCUT2D eigenvalue weighted by atomic mass is 10.1. The molecule has 0 unspecified atom stereocenters. The largest absolute Gasteiger partial charge is 0.416 e. The maximum absolute atomic E-state index is 12.9. The second-order valence-electron chi connectivity index (χ2n) is 6.52. The zero-order valence-corrected chi connectivity index (χ0v) is 14.4. The summed E-state index contributed by atoms with van der Waals surface area (Å²) < 4.78 is 44.2. The number of nitrogens with zero attached hydrogens (tertiary/aromatic N) is 2.